The Morgan fingerprint density at radius 2 is 2.42 bits per heavy atom. The molecule has 0 aromatic rings. The summed E-state index contributed by atoms with van der Waals surface area (Å²) >= 11 is 0. The van der Waals surface area contributed by atoms with Gasteiger partial charge in [-0.05, 0) is 12.8 Å². The quantitative estimate of drug-likeness (QED) is 0.374. The summed E-state index contributed by atoms with van der Waals surface area (Å²) in [5.74, 6) is -1.76. The topological polar surface area (TPSA) is 61.5 Å². The predicted octanol–water partition coefficient (Wildman–Crippen LogP) is 0.529. The second-order valence-corrected chi connectivity index (χ2v) is 2.74. The maximum atomic E-state index is 10.8. The molecule has 68 valence electrons. The molecule has 0 bridgehead atoms. The molecule has 0 radical (unpaired) electrons. The van der Waals surface area contributed by atoms with Crippen LogP contribution in [0.15, 0.2) is 12.7 Å². The third kappa shape index (κ3) is 2.32. The van der Waals surface area contributed by atoms with Crippen LogP contribution < -0.4 is 5.73 Å². The smallest absolute Gasteiger partial charge is 0.333 e. The summed E-state index contributed by atoms with van der Waals surface area (Å²) in [4.78, 5) is 10.8. The molecule has 1 unspecified atom stereocenters. The first-order valence-electron chi connectivity index (χ1n) is 3.94. The number of hydrogen-bond acceptors (Lipinski definition) is 4. The van der Waals surface area contributed by atoms with E-state index in [2.05, 4.69) is 6.58 Å². The van der Waals surface area contributed by atoms with E-state index in [9.17, 15) is 4.79 Å². The van der Waals surface area contributed by atoms with Crippen molar-refractivity contribution in [2.45, 2.75) is 25.2 Å². The lowest BCUT2D eigenvalue weighted by Gasteiger charge is -2.31. The molecule has 4 nitrogen and oxygen atoms in total. The SMILES string of the molecule is C=CC(=O)OC1(N)CCCCO1. The van der Waals surface area contributed by atoms with Gasteiger partial charge in [-0.15, -0.1) is 0 Å². The molecule has 0 amide bonds. The molecule has 2 N–H and O–H groups in total. The zero-order valence-electron chi connectivity index (χ0n) is 6.91. The first-order valence-corrected chi connectivity index (χ1v) is 3.94. The highest BCUT2D eigenvalue weighted by atomic mass is 16.7. The standard InChI is InChI=1S/C8H13NO3/c1-2-7(10)12-8(9)5-3-4-6-11-8/h2H,1,3-6,9H2. The summed E-state index contributed by atoms with van der Waals surface area (Å²) in [5, 5.41) is 0. The number of carbonyl (C=O) groups excluding carboxylic acids is 1. The summed E-state index contributed by atoms with van der Waals surface area (Å²) in [6.07, 6.45) is 3.50. The first kappa shape index (κ1) is 9.22. The number of nitrogens with two attached hydrogens (primary N) is 1. The molecule has 12 heavy (non-hydrogen) atoms. The van der Waals surface area contributed by atoms with Crippen molar-refractivity contribution in [1.29, 1.82) is 0 Å². The molecule has 1 fully saturated rings. The Morgan fingerprint density at radius 3 is 2.92 bits per heavy atom. The minimum atomic E-state index is -1.22. The predicted molar refractivity (Wildman–Crippen MR) is 43.0 cm³/mol. The van der Waals surface area contributed by atoms with Crippen LogP contribution in [0.1, 0.15) is 19.3 Å². The van der Waals surface area contributed by atoms with Crippen LogP contribution in [0.4, 0.5) is 0 Å². The van der Waals surface area contributed by atoms with Gasteiger partial charge in [-0.2, -0.15) is 0 Å². The second kappa shape index (κ2) is 3.69. The lowest BCUT2D eigenvalue weighted by Crippen LogP contribution is -2.49. The Bertz CT molecular complexity index is 185. The molecule has 1 aliphatic rings. The van der Waals surface area contributed by atoms with Gasteiger partial charge in [0.2, 0.25) is 0 Å². The lowest BCUT2D eigenvalue weighted by atomic mass is 10.1. The van der Waals surface area contributed by atoms with Gasteiger partial charge in [0.05, 0.1) is 6.61 Å². The molecule has 0 aromatic heterocycles. The van der Waals surface area contributed by atoms with Gasteiger partial charge in [-0.25, -0.2) is 4.79 Å². The highest BCUT2D eigenvalue weighted by Crippen LogP contribution is 2.20. The molecule has 0 aromatic carbocycles. The largest absolute Gasteiger partial charge is 0.416 e. The Hall–Kier alpha value is -0.870. The number of ether oxygens (including phenoxy) is 2. The molecule has 1 heterocycles. The van der Waals surface area contributed by atoms with Crippen LogP contribution in [0.5, 0.6) is 0 Å². The summed E-state index contributed by atoms with van der Waals surface area (Å²) in [5.41, 5.74) is 5.62. The van der Waals surface area contributed by atoms with Crippen LogP contribution in [0.3, 0.4) is 0 Å². The molecular weight excluding hydrogens is 158 g/mol. The maximum absolute atomic E-state index is 10.8. The molecule has 0 aliphatic carbocycles. The Labute approximate surface area is 71.3 Å². The van der Waals surface area contributed by atoms with Crippen molar-refractivity contribution in [3.05, 3.63) is 12.7 Å². The van der Waals surface area contributed by atoms with E-state index in [0.29, 0.717) is 13.0 Å². The first-order chi connectivity index (χ1) is 5.66. The number of rotatable bonds is 2. The molecule has 1 atom stereocenters. The average Bonchev–Trinajstić information content (AvgIpc) is 2.05. The van der Waals surface area contributed by atoms with E-state index in [4.69, 9.17) is 15.2 Å². The van der Waals surface area contributed by atoms with E-state index in [1.54, 1.807) is 0 Å². The van der Waals surface area contributed by atoms with Crippen molar-refractivity contribution < 1.29 is 14.3 Å². The highest BCUT2D eigenvalue weighted by molar-refractivity contribution is 5.81. The van der Waals surface area contributed by atoms with Crippen molar-refractivity contribution in [2.75, 3.05) is 6.61 Å². The molecule has 1 aliphatic heterocycles. The zero-order valence-corrected chi connectivity index (χ0v) is 6.91. The normalized spacial score (nSPS) is 29.4. The van der Waals surface area contributed by atoms with Crippen molar-refractivity contribution in [3.8, 4) is 0 Å². The summed E-state index contributed by atoms with van der Waals surface area (Å²) < 4.78 is 9.95. The van der Waals surface area contributed by atoms with Gasteiger partial charge in [0, 0.05) is 12.5 Å². The van der Waals surface area contributed by atoms with Crippen LogP contribution in [-0.4, -0.2) is 18.5 Å². The van der Waals surface area contributed by atoms with Crippen molar-refractivity contribution >= 4 is 5.97 Å². The molecular formula is C8H13NO3. The van der Waals surface area contributed by atoms with Gasteiger partial charge in [0.15, 0.2) is 0 Å². The van der Waals surface area contributed by atoms with E-state index in [1.807, 2.05) is 0 Å². The van der Waals surface area contributed by atoms with Crippen LogP contribution in [0.2, 0.25) is 0 Å². The number of hydrogen-bond donors (Lipinski definition) is 1. The highest BCUT2D eigenvalue weighted by Gasteiger charge is 2.31. The van der Waals surface area contributed by atoms with Gasteiger partial charge in [0.25, 0.3) is 5.91 Å². The van der Waals surface area contributed by atoms with Gasteiger partial charge in [0.1, 0.15) is 0 Å². The van der Waals surface area contributed by atoms with Gasteiger partial charge >= 0.3 is 5.97 Å². The minimum absolute atomic E-state index is 0.542. The van der Waals surface area contributed by atoms with Crippen molar-refractivity contribution in [2.24, 2.45) is 5.73 Å². The van der Waals surface area contributed by atoms with E-state index in [-0.39, 0.29) is 0 Å². The van der Waals surface area contributed by atoms with Crippen LogP contribution in [-0.2, 0) is 14.3 Å². The van der Waals surface area contributed by atoms with Gasteiger partial charge in [-0.1, -0.05) is 6.58 Å². The van der Waals surface area contributed by atoms with Gasteiger partial charge in [-0.3, -0.25) is 5.73 Å². The third-order valence-electron chi connectivity index (χ3n) is 1.71. The zero-order chi connectivity index (χ0) is 9.03. The maximum Gasteiger partial charge on any atom is 0.333 e. The van der Waals surface area contributed by atoms with E-state index >= 15 is 0 Å². The lowest BCUT2D eigenvalue weighted by molar-refractivity contribution is -0.240. The monoisotopic (exact) mass is 171 g/mol. The molecule has 1 rings (SSSR count). The summed E-state index contributed by atoms with van der Waals surface area (Å²) in [6.45, 7) is 3.81. The van der Waals surface area contributed by atoms with Crippen molar-refractivity contribution in [3.63, 3.8) is 0 Å². The van der Waals surface area contributed by atoms with E-state index < -0.39 is 11.9 Å². The van der Waals surface area contributed by atoms with Crippen LogP contribution in [0, 0.1) is 0 Å². The fraction of sp³-hybridized carbons (Fsp3) is 0.625. The van der Waals surface area contributed by atoms with Gasteiger partial charge < -0.3 is 9.47 Å². The Morgan fingerprint density at radius 1 is 1.67 bits per heavy atom. The summed E-state index contributed by atoms with van der Waals surface area (Å²) in [7, 11) is 0. The summed E-state index contributed by atoms with van der Waals surface area (Å²) in [6, 6.07) is 0. The van der Waals surface area contributed by atoms with Crippen molar-refractivity contribution in [1.82, 2.24) is 0 Å². The molecule has 0 spiro atoms. The molecule has 4 heteroatoms. The minimum Gasteiger partial charge on any atom is -0.416 e. The number of carbonyl (C=O) groups is 1. The average molecular weight is 171 g/mol. The van der Waals surface area contributed by atoms with Crippen LogP contribution in [0.25, 0.3) is 0 Å². The molecule has 1 saturated heterocycles. The fourth-order valence-electron chi connectivity index (χ4n) is 1.08. The second-order valence-electron chi connectivity index (χ2n) is 2.74. The van der Waals surface area contributed by atoms with E-state index in [0.717, 1.165) is 18.9 Å². The Balaban J connectivity index is 2.46. The Kier molecular flexibility index (Phi) is 2.83. The molecule has 0 saturated carbocycles. The van der Waals surface area contributed by atoms with E-state index in [1.165, 1.54) is 0 Å². The number of esters is 1. The fourth-order valence-corrected chi connectivity index (χ4v) is 1.08. The third-order valence-corrected chi connectivity index (χ3v) is 1.71. The van der Waals surface area contributed by atoms with Crippen LogP contribution >= 0.6 is 0 Å².